The maximum atomic E-state index is 12.5. The molecule has 3 rings (SSSR count). The molecule has 0 saturated heterocycles. The van der Waals surface area contributed by atoms with Crippen LogP contribution in [0.5, 0.6) is 5.75 Å². The van der Waals surface area contributed by atoms with Crippen LogP contribution in [0.3, 0.4) is 0 Å². The Balaban J connectivity index is 1.72. The van der Waals surface area contributed by atoms with Crippen molar-refractivity contribution in [3.8, 4) is 5.75 Å². The molecule has 1 amide bonds. The minimum atomic E-state index is -0.339. The third kappa shape index (κ3) is 4.32. The van der Waals surface area contributed by atoms with Gasteiger partial charge in [-0.2, -0.15) is 0 Å². The zero-order valence-corrected chi connectivity index (χ0v) is 16.2. The summed E-state index contributed by atoms with van der Waals surface area (Å²) in [6, 6.07) is 15.2. The van der Waals surface area contributed by atoms with Gasteiger partial charge < -0.3 is 14.6 Å². The van der Waals surface area contributed by atoms with Crippen LogP contribution in [0.2, 0.25) is 0 Å². The topological polar surface area (TPSA) is 56.1 Å². The van der Waals surface area contributed by atoms with Crippen molar-refractivity contribution in [2.45, 2.75) is 13.0 Å². The monoisotopic (exact) mass is 413 g/mol. The van der Waals surface area contributed by atoms with Crippen molar-refractivity contribution in [3.05, 3.63) is 82.3 Å². The smallest absolute Gasteiger partial charge is 0.258 e. The number of imidazole rings is 1. The second kappa shape index (κ2) is 8.19. The maximum Gasteiger partial charge on any atom is 0.258 e. The summed E-state index contributed by atoms with van der Waals surface area (Å²) in [4.78, 5) is 16.9. The van der Waals surface area contributed by atoms with Crippen LogP contribution in [0.15, 0.2) is 65.4 Å². The molecule has 0 fully saturated rings. The number of carbonyl (C=O) groups excluding carboxylic acids is 1. The van der Waals surface area contributed by atoms with E-state index in [9.17, 15) is 4.79 Å². The van der Waals surface area contributed by atoms with Crippen molar-refractivity contribution in [1.82, 2.24) is 14.9 Å². The zero-order chi connectivity index (χ0) is 18.5. The first kappa shape index (κ1) is 18.2. The molecule has 3 aromatic rings. The molecule has 1 heterocycles. The predicted octanol–water partition coefficient (Wildman–Crippen LogP) is 3.78. The summed E-state index contributed by atoms with van der Waals surface area (Å²) >= 11 is 3.46. The quantitative estimate of drug-likeness (QED) is 0.668. The fraction of sp³-hybridized carbons (Fsp3) is 0.200. The maximum absolute atomic E-state index is 12.5. The largest absolute Gasteiger partial charge is 0.483 e. The average molecular weight is 414 g/mol. The number of benzene rings is 2. The van der Waals surface area contributed by atoms with E-state index in [2.05, 4.69) is 26.2 Å². The van der Waals surface area contributed by atoms with Crippen LogP contribution in [0.4, 0.5) is 0 Å². The number of aryl methyl sites for hydroxylation is 2. The summed E-state index contributed by atoms with van der Waals surface area (Å²) in [5.41, 5.74) is 2.08. The first-order chi connectivity index (χ1) is 12.5. The SMILES string of the molecule is Cc1ccc(OCC(=O)N[C@H](c2ccccc2)c2nccn2C)c(Br)c1. The van der Waals surface area contributed by atoms with Crippen LogP contribution in [0.1, 0.15) is 23.0 Å². The molecule has 0 aliphatic heterocycles. The first-order valence-electron chi connectivity index (χ1n) is 8.25. The van der Waals surface area contributed by atoms with Gasteiger partial charge in [-0.15, -0.1) is 0 Å². The Morgan fingerprint density at radius 3 is 2.69 bits per heavy atom. The van der Waals surface area contributed by atoms with Crippen LogP contribution in [-0.4, -0.2) is 22.1 Å². The molecule has 2 aromatic carbocycles. The summed E-state index contributed by atoms with van der Waals surface area (Å²) in [5, 5.41) is 3.02. The van der Waals surface area contributed by atoms with Gasteiger partial charge in [0, 0.05) is 19.4 Å². The van der Waals surface area contributed by atoms with Crippen molar-refractivity contribution in [1.29, 1.82) is 0 Å². The molecule has 0 spiro atoms. The van der Waals surface area contributed by atoms with Gasteiger partial charge in [0.2, 0.25) is 0 Å². The Morgan fingerprint density at radius 1 is 1.27 bits per heavy atom. The van der Waals surface area contributed by atoms with Crippen LogP contribution in [0, 0.1) is 6.92 Å². The lowest BCUT2D eigenvalue weighted by atomic mass is 10.1. The van der Waals surface area contributed by atoms with Gasteiger partial charge in [0.05, 0.1) is 4.47 Å². The Bertz CT molecular complexity index is 893. The Kier molecular flexibility index (Phi) is 5.73. The standard InChI is InChI=1S/C20H20BrN3O2/c1-14-8-9-17(16(21)12-14)26-13-18(25)23-19(15-6-4-3-5-7-15)20-22-10-11-24(20)2/h3-12,19H,13H2,1-2H3,(H,23,25)/t19-/m1/s1. The van der Waals surface area contributed by atoms with Gasteiger partial charge in [-0.3, -0.25) is 4.79 Å². The molecule has 0 saturated carbocycles. The third-order valence-corrected chi connectivity index (χ3v) is 4.62. The van der Waals surface area contributed by atoms with E-state index in [1.807, 2.05) is 73.3 Å². The molecule has 1 aromatic heterocycles. The Hall–Kier alpha value is -2.60. The van der Waals surface area contributed by atoms with E-state index in [1.54, 1.807) is 6.20 Å². The van der Waals surface area contributed by atoms with Crippen molar-refractivity contribution >= 4 is 21.8 Å². The number of rotatable bonds is 6. The van der Waals surface area contributed by atoms with Crippen LogP contribution in [0.25, 0.3) is 0 Å². The van der Waals surface area contributed by atoms with E-state index in [0.29, 0.717) is 5.75 Å². The van der Waals surface area contributed by atoms with Gasteiger partial charge in [0.25, 0.3) is 5.91 Å². The second-order valence-electron chi connectivity index (χ2n) is 6.03. The van der Waals surface area contributed by atoms with E-state index < -0.39 is 0 Å². The second-order valence-corrected chi connectivity index (χ2v) is 6.88. The number of hydrogen-bond acceptors (Lipinski definition) is 3. The van der Waals surface area contributed by atoms with Gasteiger partial charge in [-0.1, -0.05) is 36.4 Å². The van der Waals surface area contributed by atoms with Gasteiger partial charge in [-0.25, -0.2) is 4.98 Å². The van der Waals surface area contributed by atoms with Crippen LogP contribution in [-0.2, 0) is 11.8 Å². The zero-order valence-electron chi connectivity index (χ0n) is 14.6. The van der Waals surface area contributed by atoms with Crippen LogP contribution < -0.4 is 10.1 Å². The van der Waals surface area contributed by atoms with Crippen LogP contribution >= 0.6 is 15.9 Å². The fourth-order valence-corrected chi connectivity index (χ4v) is 3.27. The van der Waals surface area contributed by atoms with Gasteiger partial charge in [-0.05, 0) is 46.1 Å². The Labute approximate surface area is 161 Å². The Morgan fingerprint density at radius 2 is 2.04 bits per heavy atom. The van der Waals surface area contributed by atoms with Gasteiger partial charge in [0.1, 0.15) is 17.6 Å². The third-order valence-electron chi connectivity index (χ3n) is 4.00. The molecular formula is C20H20BrN3O2. The summed E-state index contributed by atoms with van der Waals surface area (Å²) < 4.78 is 8.38. The molecule has 0 aliphatic rings. The van der Waals surface area contributed by atoms with Gasteiger partial charge >= 0.3 is 0 Å². The number of nitrogens with zero attached hydrogens (tertiary/aromatic N) is 2. The lowest BCUT2D eigenvalue weighted by Crippen LogP contribution is -2.34. The van der Waals surface area contributed by atoms with E-state index in [-0.39, 0.29) is 18.6 Å². The number of ether oxygens (including phenoxy) is 1. The molecule has 5 nitrogen and oxygen atoms in total. The minimum Gasteiger partial charge on any atom is -0.483 e. The molecule has 134 valence electrons. The van der Waals surface area contributed by atoms with Crippen molar-refractivity contribution < 1.29 is 9.53 Å². The summed E-state index contributed by atoms with van der Waals surface area (Å²) in [7, 11) is 1.91. The highest BCUT2D eigenvalue weighted by Crippen LogP contribution is 2.26. The van der Waals surface area contributed by atoms with Gasteiger partial charge in [0.15, 0.2) is 6.61 Å². The number of nitrogens with one attached hydrogen (secondary N) is 1. The molecule has 1 N–H and O–H groups in total. The normalized spacial score (nSPS) is 11.8. The van der Waals surface area contributed by atoms with Crippen molar-refractivity contribution in [2.75, 3.05) is 6.61 Å². The highest BCUT2D eigenvalue weighted by atomic mass is 79.9. The van der Waals surface area contributed by atoms with Crippen molar-refractivity contribution in [3.63, 3.8) is 0 Å². The number of aromatic nitrogens is 2. The summed E-state index contributed by atoms with van der Waals surface area (Å²) in [6.45, 7) is 1.92. The van der Waals surface area contributed by atoms with E-state index in [1.165, 1.54) is 0 Å². The highest BCUT2D eigenvalue weighted by Gasteiger charge is 2.20. The lowest BCUT2D eigenvalue weighted by molar-refractivity contribution is -0.123. The molecule has 1 atom stereocenters. The number of halogens is 1. The molecule has 6 heteroatoms. The molecular weight excluding hydrogens is 394 g/mol. The molecule has 0 radical (unpaired) electrons. The lowest BCUT2D eigenvalue weighted by Gasteiger charge is -2.19. The van der Waals surface area contributed by atoms with E-state index in [0.717, 1.165) is 21.4 Å². The average Bonchev–Trinajstić information content (AvgIpc) is 3.05. The molecule has 0 unspecified atom stereocenters. The molecule has 26 heavy (non-hydrogen) atoms. The molecule has 0 bridgehead atoms. The predicted molar refractivity (Wildman–Crippen MR) is 104 cm³/mol. The van der Waals surface area contributed by atoms with E-state index in [4.69, 9.17) is 4.74 Å². The number of carbonyl (C=O) groups is 1. The first-order valence-corrected chi connectivity index (χ1v) is 9.04. The summed E-state index contributed by atoms with van der Waals surface area (Å²) in [6.07, 6.45) is 3.58. The number of hydrogen-bond donors (Lipinski definition) is 1. The minimum absolute atomic E-state index is 0.0740. The summed E-state index contributed by atoms with van der Waals surface area (Å²) in [5.74, 6) is 1.19. The van der Waals surface area contributed by atoms with Crippen molar-refractivity contribution in [2.24, 2.45) is 7.05 Å². The highest BCUT2D eigenvalue weighted by molar-refractivity contribution is 9.10. The molecule has 0 aliphatic carbocycles. The fourth-order valence-electron chi connectivity index (χ4n) is 2.67. The number of amides is 1. The van der Waals surface area contributed by atoms with E-state index >= 15 is 0 Å².